The Labute approximate surface area is 128 Å². The molecule has 1 unspecified atom stereocenters. The van der Waals surface area contributed by atoms with Crippen molar-refractivity contribution >= 4 is 11.6 Å². The molecular formula is C17H28N2O2. The van der Waals surface area contributed by atoms with E-state index >= 15 is 0 Å². The van der Waals surface area contributed by atoms with Gasteiger partial charge in [0, 0.05) is 19.7 Å². The van der Waals surface area contributed by atoms with E-state index in [0.29, 0.717) is 29.5 Å². The molecule has 0 aromatic heterocycles. The van der Waals surface area contributed by atoms with E-state index in [9.17, 15) is 4.79 Å². The Bertz CT molecular complexity index is 458. The molecule has 0 aliphatic carbocycles. The molecule has 0 saturated heterocycles. The van der Waals surface area contributed by atoms with Crippen LogP contribution in [0.25, 0.3) is 0 Å². The van der Waals surface area contributed by atoms with Crippen molar-refractivity contribution in [1.29, 1.82) is 0 Å². The van der Waals surface area contributed by atoms with Crippen molar-refractivity contribution < 1.29 is 9.53 Å². The zero-order valence-corrected chi connectivity index (χ0v) is 13.7. The van der Waals surface area contributed by atoms with E-state index in [4.69, 9.17) is 10.5 Å². The molecule has 4 heteroatoms. The first-order chi connectivity index (χ1) is 9.99. The molecule has 1 atom stereocenters. The van der Waals surface area contributed by atoms with Gasteiger partial charge in [-0.3, -0.25) is 4.79 Å². The number of nitrogen functional groups attached to an aromatic ring is 1. The Morgan fingerprint density at radius 3 is 2.62 bits per heavy atom. The lowest BCUT2D eigenvalue weighted by Gasteiger charge is -2.17. The average Bonchev–Trinajstić information content (AvgIpc) is 2.48. The number of ether oxygens (including phenoxy) is 1. The fourth-order valence-corrected chi connectivity index (χ4v) is 2.16. The van der Waals surface area contributed by atoms with Gasteiger partial charge >= 0.3 is 0 Å². The van der Waals surface area contributed by atoms with Gasteiger partial charge in [-0.1, -0.05) is 33.1 Å². The van der Waals surface area contributed by atoms with Crippen LogP contribution in [-0.4, -0.2) is 31.5 Å². The number of anilines is 1. The van der Waals surface area contributed by atoms with Crippen LogP contribution in [-0.2, 0) is 0 Å². The minimum atomic E-state index is -0.0436. The van der Waals surface area contributed by atoms with Crippen LogP contribution in [0.1, 0.15) is 49.9 Å². The maximum atomic E-state index is 12.0. The van der Waals surface area contributed by atoms with Crippen LogP contribution in [0.4, 0.5) is 5.69 Å². The summed E-state index contributed by atoms with van der Waals surface area (Å²) in [4.78, 5) is 13.5. The van der Waals surface area contributed by atoms with Crippen molar-refractivity contribution in [2.24, 2.45) is 5.92 Å². The summed E-state index contributed by atoms with van der Waals surface area (Å²) >= 11 is 0. The van der Waals surface area contributed by atoms with Gasteiger partial charge in [0.05, 0.1) is 12.3 Å². The van der Waals surface area contributed by atoms with Gasteiger partial charge in [0.15, 0.2) is 0 Å². The second-order valence-electron chi connectivity index (χ2n) is 5.68. The summed E-state index contributed by atoms with van der Waals surface area (Å²) in [5, 5.41) is 0. The molecule has 0 aliphatic rings. The highest BCUT2D eigenvalue weighted by atomic mass is 16.5. The number of carbonyl (C=O) groups is 1. The van der Waals surface area contributed by atoms with Gasteiger partial charge in [-0.15, -0.1) is 0 Å². The van der Waals surface area contributed by atoms with Gasteiger partial charge in [0.25, 0.3) is 5.91 Å². The summed E-state index contributed by atoms with van der Waals surface area (Å²) in [6, 6.07) is 5.21. The van der Waals surface area contributed by atoms with Gasteiger partial charge in [-0.05, 0) is 30.5 Å². The van der Waals surface area contributed by atoms with E-state index in [1.54, 1.807) is 37.2 Å². The second-order valence-corrected chi connectivity index (χ2v) is 5.68. The number of hydrogen-bond donors (Lipinski definition) is 1. The fourth-order valence-electron chi connectivity index (χ4n) is 2.16. The van der Waals surface area contributed by atoms with Crippen LogP contribution < -0.4 is 10.5 Å². The number of amides is 1. The predicted molar refractivity (Wildman–Crippen MR) is 87.7 cm³/mol. The first kappa shape index (κ1) is 17.3. The molecule has 21 heavy (non-hydrogen) atoms. The highest BCUT2D eigenvalue weighted by Gasteiger charge is 2.13. The van der Waals surface area contributed by atoms with E-state index in [2.05, 4.69) is 13.8 Å². The predicted octanol–water partition coefficient (Wildman–Crippen LogP) is 3.57. The largest absolute Gasteiger partial charge is 0.491 e. The molecule has 4 nitrogen and oxygen atoms in total. The van der Waals surface area contributed by atoms with Crippen LogP contribution in [0.3, 0.4) is 0 Å². The smallest absolute Gasteiger partial charge is 0.253 e. The lowest BCUT2D eigenvalue weighted by Crippen LogP contribution is -2.21. The van der Waals surface area contributed by atoms with E-state index in [-0.39, 0.29) is 5.91 Å². The minimum absolute atomic E-state index is 0.0436. The Hall–Kier alpha value is -1.71. The molecule has 0 radical (unpaired) electrons. The average molecular weight is 292 g/mol. The van der Waals surface area contributed by atoms with Crippen LogP contribution in [0.5, 0.6) is 5.75 Å². The second kappa shape index (κ2) is 8.55. The Balaban J connectivity index is 2.73. The zero-order valence-electron chi connectivity index (χ0n) is 13.7. The quantitative estimate of drug-likeness (QED) is 0.745. The summed E-state index contributed by atoms with van der Waals surface area (Å²) in [6.45, 7) is 5.03. The van der Waals surface area contributed by atoms with E-state index < -0.39 is 0 Å². The van der Waals surface area contributed by atoms with Crippen LogP contribution in [0, 0.1) is 5.92 Å². The Morgan fingerprint density at radius 2 is 2.05 bits per heavy atom. The number of nitrogens with zero attached hydrogens (tertiary/aromatic N) is 1. The van der Waals surface area contributed by atoms with Gasteiger partial charge in [0.2, 0.25) is 0 Å². The summed E-state index contributed by atoms with van der Waals surface area (Å²) in [5.41, 5.74) is 7.13. The molecule has 0 spiro atoms. The third kappa shape index (κ3) is 5.29. The molecule has 1 amide bonds. The summed E-state index contributed by atoms with van der Waals surface area (Å²) < 4.78 is 5.86. The first-order valence-corrected chi connectivity index (χ1v) is 7.73. The van der Waals surface area contributed by atoms with E-state index in [0.717, 1.165) is 6.42 Å². The molecule has 0 fully saturated rings. The van der Waals surface area contributed by atoms with Gasteiger partial charge in [-0.2, -0.15) is 0 Å². The zero-order chi connectivity index (χ0) is 15.8. The molecule has 1 aromatic carbocycles. The number of rotatable bonds is 8. The molecule has 0 bridgehead atoms. The van der Waals surface area contributed by atoms with Crippen LogP contribution >= 0.6 is 0 Å². The normalized spacial score (nSPS) is 12.0. The number of carbonyl (C=O) groups excluding carboxylic acids is 1. The number of hydrogen-bond acceptors (Lipinski definition) is 3. The van der Waals surface area contributed by atoms with Crippen LogP contribution in [0.15, 0.2) is 18.2 Å². The molecule has 0 heterocycles. The highest BCUT2D eigenvalue weighted by Crippen LogP contribution is 2.25. The molecular weight excluding hydrogens is 264 g/mol. The van der Waals surface area contributed by atoms with Crippen molar-refractivity contribution in [1.82, 2.24) is 4.90 Å². The standard InChI is InChI=1S/C17H28N2O2/c1-5-7-8-13(6-2)12-21-16-11-14(9-10-15(16)18)17(20)19(3)4/h9-11,13H,5-8,12,18H2,1-4H3. The first-order valence-electron chi connectivity index (χ1n) is 7.73. The number of unbranched alkanes of at least 4 members (excludes halogenated alkanes) is 1. The minimum Gasteiger partial charge on any atom is -0.491 e. The third-order valence-electron chi connectivity index (χ3n) is 3.68. The summed E-state index contributed by atoms with van der Waals surface area (Å²) in [7, 11) is 3.47. The van der Waals surface area contributed by atoms with Gasteiger partial charge in [-0.25, -0.2) is 0 Å². The lowest BCUT2D eigenvalue weighted by atomic mass is 10.0. The summed E-state index contributed by atoms with van der Waals surface area (Å²) in [5.74, 6) is 1.10. The fraction of sp³-hybridized carbons (Fsp3) is 0.588. The van der Waals surface area contributed by atoms with Gasteiger partial charge < -0.3 is 15.4 Å². The topological polar surface area (TPSA) is 55.6 Å². The lowest BCUT2D eigenvalue weighted by molar-refractivity contribution is 0.0827. The molecule has 0 saturated carbocycles. The maximum Gasteiger partial charge on any atom is 0.253 e. The van der Waals surface area contributed by atoms with Crippen molar-refractivity contribution in [2.45, 2.75) is 39.5 Å². The monoisotopic (exact) mass is 292 g/mol. The molecule has 118 valence electrons. The highest BCUT2D eigenvalue weighted by molar-refractivity contribution is 5.94. The maximum absolute atomic E-state index is 12.0. The van der Waals surface area contributed by atoms with Crippen molar-refractivity contribution in [3.63, 3.8) is 0 Å². The molecule has 1 rings (SSSR count). The molecule has 2 N–H and O–H groups in total. The number of benzene rings is 1. The van der Waals surface area contributed by atoms with Crippen molar-refractivity contribution in [3.8, 4) is 5.75 Å². The third-order valence-corrected chi connectivity index (χ3v) is 3.68. The Morgan fingerprint density at radius 1 is 1.33 bits per heavy atom. The van der Waals surface area contributed by atoms with E-state index in [1.165, 1.54) is 19.3 Å². The molecule has 0 aliphatic heterocycles. The van der Waals surface area contributed by atoms with Crippen LogP contribution in [0.2, 0.25) is 0 Å². The SMILES string of the molecule is CCCCC(CC)COc1cc(C(=O)N(C)C)ccc1N. The molecule has 1 aromatic rings. The number of nitrogens with two attached hydrogens (primary N) is 1. The van der Waals surface area contributed by atoms with Crippen molar-refractivity contribution in [2.75, 3.05) is 26.4 Å². The Kier molecular flexibility index (Phi) is 7.06. The van der Waals surface area contributed by atoms with Gasteiger partial charge in [0.1, 0.15) is 5.75 Å². The summed E-state index contributed by atoms with van der Waals surface area (Å²) in [6.07, 6.45) is 4.68. The van der Waals surface area contributed by atoms with E-state index in [1.807, 2.05) is 0 Å². The van der Waals surface area contributed by atoms with Crippen molar-refractivity contribution in [3.05, 3.63) is 23.8 Å².